The molecule has 1 amide bonds. The lowest BCUT2D eigenvalue weighted by molar-refractivity contribution is -0.143. The molecule has 0 spiro atoms. The second-order valence-corrected chi connectivity index (χ2v) is 22.1. The van der Waals surface area contributed by atoms with Crippen LogP contribution in [0.1, 0.15) is 341 Å². The third-order valence-electron chi connectivity index (χ3n) is 14.9. The van der Waals surface area contributed by atoms with Crippen LogP contribution in [0.5, 0.6) is 0 Å². The molecule has 0 radical (unpaired) electrons. The Morgan fingerprint density at radius 1 is 0.384 bits per heavy atom. The highest BCUT2D eigenvalue weighted by atomic mass is 16.5. The highest BCUT2D eigenvalue weighted by Gasteiger charge is 2.20. The second-order valence-electron chi connectivity index (χ2n) is 22.1. The third kappa shape index (κ3) is 58.9. The monoisotopic (exact) mass is 1020 g/mol. The molecule has 428 valence electrons. The van der Waals surface area contributed by atoms with Gasteiger partial charge in [-0.05, 0) is 96.3 Å². The van der Waals surface area contributed by atoms with Crippen molar-refractivity contribution in [2.45, 2.75) is 353 Å². The van der Waals surface area contributed by atoms with Gasteiger partial charge in [0.2, 0.25) is 5.91 Å². The molecule has 2 unspecified atom stereocenters. The van der Waals surface area contributed by atoms with Crippen LogP contribution in [0.3, 0.4) is 0 Å². The summed E-state index contributed by atoms with van der Waals surface area (Å²) in [4.78, 5) is 24.6. The van der Waals surface area contributed by atoms with E-state index < -0.39 is 12.1 Å². The van der Waals surface area contributed by atoms with Crippen LogP contribution < -0.4 is 5.32 Å². The van der Waals surface area contributed by atoms with E-state index in [1.165, 1.54) is 212 Å². The molecule has 6 nitrogen and oxygen atoms in total. The first-order valence-corrected chi connectivity index (χ1v) is 32.4. The summed E-state index contributed by atoms with van der Waals surface area (Å²) in [5.74, 6) is -0.0776. The molecule has 0 bridgehead atoms. The van der Waals surface area contributed by atoms with Crippen molar-refractivity contribution in [3.8, 4) is 0 Å². The van der Waals surface area contributed by atoms with Gasteiger partial charge >= 0.3 is 5.97 Å². The minimum absolute atomic E-state index is 0.0286. The van der Waals surface area contributed by atoms with Gasteiger partial charge in [0.25, 0.3) is 0 Å². The molecule has 0 aliphatic rings. The predicted molar refractivity (Wildman–Crippen MR) is 319 cm³/mol. The summed E-state index contributed by atoms with van der Waals surface area (Å²) in [6, 6.07) is -0.556. The Balaban J connectivity index is 3.50. The van der Waals surface area contributed by atoms with Crippen molar-refractivity contribution in [3.63, 3.8) is 0 Å². The predicted octanol–water partition coefficient (Wildman–Crippen LogP) is 20.5. The average Bonchev–Trinajstić information content (AvgIpc) is 3.39. The fourth-order valence-corrected chi connectivity index (χ4v) is 9.88. The summed E-state index contributed by atoms with van der Waals surface area (Å²) < 4.78 is 5.45. The molecule has 0 aliphatic heterocycles. The molecule has 0 aromatic carbocycles. The van der Waals surface area contributed by atoms with Gasteiger partial charge in [-0.1, -0.05) is 281 Å². The molecule has 6 heteroatoms. The lowest BCUT2D eigenvalue weighted by Gasteiger charge is -2.22. The summed E-state index contributed by atoms with van der Waals surface area (Å²) in [5.41, 5.74) is 0. The number of rotatable bonds is 60. The van der Waals surface area contributed by atoms with E-state index >= 15 is 0 Å². The summed E-state index contributed by atoms with van der Waals surface area (Å²) in [5, 5.41) is 23.4. The zero-order valence-corrected chi connectivity index (χ0v) is 48.9. The number of hydrogen-bond donors (Lipinski definition) is 3. The maximum atomic E-state index is 12.5. The molecule has 3 N–H and O–H groups in total. The topological polar surface area (TPSA) is 95.9 Å². The first kappa shape index (κ1) is 70.8. The zero-order chi connectivity index (χ0) is 52.9. The van der Waals surface area contributed by atoms with E-state index in [1.54, 1.807) is 0 Å². The molecule has 0 fully saturated rings. The quantitative estimate of drug-likeness (QED) is 0.0320. The van der Waals surface area contributed by atoms with E-state index in [9.17, 15) is 19.8 Å². The summed E-state index contributed by atoms with van der Waals surface area (Å²) in [7, 11) is 0. The van der Waals surface area contributed by atoms with Gasteiger partial charge in [0.05, 0.1) is 25.4 Å². The number of hydrogen-bond acceptors (Lipinski definition) is 5. The van der Waals surface area contributed by atoms with E-state index in [2.05, 4.69) is 67.8 Å². The van der Waals surface area contributed by atoms with Gasteiger partial charge in [0.15, 0.2) is 0 Å². The van der Waals surface area contributed by atoms with Gasteiger partial charge in [-0.15, -0.1) is 0 Å². The summed E-state index contributed by atoms with van der Waals surface area (Å²) in [6.07, 6.45) is 79.8. The smallest absolute Gasteiger partial charge is 0.305 e. The van der Waals surface area contributed by atoms with Gasteiger partial charge in [-0.25, -0.2) is 0 Å². The molecule has 0 aliphatic carbocycles. The lowest BCUT2D eigenvalue weighted by atomic mass is 10.0. The summed E-state index contributed by atoms with van der Waals surface area (Å²) >= 11 is 0. The Bertz CT molecular complexity index is 1230. The first-order valence-electron chi connectivity index (χ1n) is 32.4. The average molecular weight is 1020 g/mol. The molecule has 0 rings (SSSR count). The van der Waals surface area contributed by atoms with Crippen LogP contribution in [-0.2, 0) is 14.3 Å². The van der Waals surface area contributed by atoms with Crippen molar-refractivity contribution < 1.29 is 24.5 Å². The molecular formula is C67H125NO5. The number of ether oxygens (including phenoxy) is 1. The van der Waals surface area contributed by atoms with Crippen LogP contribution in [0.4, 0.5) is 0 Å². The van der Waals surface area contributed by atoms with Crippen LogP contribution in [-0.4, -0.2) is 47.4 Å². The Hall–Kier alpha value is -2.18. The molecule has 0 aromatic heterocycles. The molecule has 0 saturated heterocycles. The third-order valence-corrected chi connectivity index (χ3v) is 14.9. The maximum absolute atomic E-state index is 12.5. The van der Waals surface area contributed by atoms with Crippen molar-refractivity contribution in [2.24, 2.45) is 0 Å². The van der Waals surface area contributed by atoms with Crippen LogP contribution in [0, 0.1) is 0 Å². The van der Waals surface area contributed by atoms with Crippen molar-refractivity contribution in [1.82, 2.24) is 5.32 Å². The van der Waals surface area contributed by atoms with E-state index in [0.717, 1.165) is 96.3 Å². The fourth-order valence-electron chi connectivity index (χ4n) is 9.88. The highest BCUT2D eigenvalue weighted by molar-refractivity contribution is 5.76. The molecule has 0 saturated carbocycles. The van der Waals surface area contributed by atoms with Gasteiger partial charge in [0.1, 0.15) is 0 Å². The lowest BCUT2D eigenvalue weighted by Crippen LogP contribution is -2.45. The fraction of sp³-hybridized carbons (Fsp3) is 0.851. The number of esters is 1. The Labute approximate surface area is 455 Å². The van der Waals surface area contributed by atoms with Crippen LogP contribution in [0.15, 0.2) is 48.6 Å². The number of nitrogens with one attached hydrogen (secondary N) is 1. The van der Waals surface area contributed by atoms with Gasteiger partial charge < -0.3 is 20.3 Å². The van der Waals surface area contributed by atoms with E-state index in [0.29, 0.717) is 25.9 Å². The standard InChI is InChI=1S/C67H125NO5/c1-3-5-7-9-11-13-15-17-19-21-22-23-24-25-26-28-31-35-39-43-47-51-55-59-65(70)64(63-69)68-66(71)60-56-52-48-44-40-36-32-29-27-30-34-38-42-46-50-54-58-62-73-67(72)61-57-53-49-45-41-37-33-20-18-16-14-12-10-8-6-4-2/h14,16,20,27,30,33,38,42,64-65,69-70H,3-13,15,17-19,21-26,28-29,31-32,34-37,39-41,43-63H2,1-2H3,(H,68,71)/b16-14-,30-27-,33-20-,42-38-. The number of allylic oxidation sites excluding steroid dienone is 8. The van der Waals surface area contributed by atoms with Crippen molar-refractivity contribution in [2.75, 3.05) is 13.2 Å². The summed E-state index contributed by atoms with van der Waals surface area (Å²) in [6.45, 7) is 4.90. The molecule has 0 heterocycles. The number of amides is 1. The van der Waals surface area contributed by atoms with Crippen LogP contribution in [0.25, 0.3) is 0 Å². The Morgan fingerprint density at radius 3 is 1.05 bits per heavy atom. The SMILES string of the molecule is CCCCCC/C=C\C/C=C\CCCCCCCC(=O)OCCCCC/C=C\C/C=C\CCCCCCCCCC(=O)NC(CO)C(O)CCCCCCCCCCCCCCCCCCCCCCCCC. The normalized spacial score (nSPS) is 12.9. The number of carbonyl (C=O) groups is 2. The second kappa shape index (κ2) is 62.4. The van der Waals surface area contributed by atoms with Crippen LogP contribution >= 0.6 is 0 Å². The largest absolute Gasteiger partial charge is 0.466 e. The van der Waals surface area contributed by atoms with Crippen molar-refractivity contribution in [3.05, 3.63) is 48.6 Å². The first-order chi connectivity index (χ1) is 36.0. The minimum Gasteiger partial charge on any atom is -0.466 e. The zero-order valence-electron chi connectivity index (χ0n) is 48.9. The Morgan fingerprint density at radius 2 is 0.685 bits per heavy atom. The Kier molecular flexibility index (Phi) is 60.5. The molecule has 2 atom stereocenters. The van der Waals surface area contributed by atoms with Crippen molar-refractivity contribution >= 4 is 11.9 Å². The molecular weight excluding hydrogens is 899 g/mol. The van der Waals surface area contributed by atoms with E-state index in [-0.39, 0.29) is 18.5 Å². The minimum atomic E-state index is -0.678. The van der Waals surface area contributed by atoms with Crippen LogP contribution in [0.2, 0.25) is 0 Å². The number of unbranched alkanes of at least 4 members (excludes halogenated alkanes) is 41. The number of aliphatic hydroxyl groups excluding tert-OH is 2. The van der Waals surface area contributed by atoms with Gasteiger partial charge in [-0.2, -0.15) is 0 Å². The van der Waals surface area contributed by atoms with E-state index in [4.69, 9.17) is 4.74 Å². The maximum Gasteiger partial charge on any atom is 0.305 e. The van der Waals surface area contributed by atoms with Crippen molar-refractivity contribution in [1.29, 1.82) is 0 Å². The number of aliphatic hydroxyl groups is 2. The highest BCUT2D eigenvalue weighted by Crippen LogP contribution is 2.18. The molecule has 73 heavy (non-hydrogen) atoms. The molecule has 0 aromatic rings. The number of carbonyl (C=O) groups excluding carboxylic acids is 2. The van der Waals surface area contributed by atoms with Gasteiger partial charge in [-0.3, -0.25) is 9.59 Å². The van der Waals surface area contributed by atoms with E-state index in [1.807, 2.05) is 0 Å². The van der Waals surface area contributed by atoms with Gasteiger partial charge in [0, 0.05) is 12.8 Å².